The molecule has 1 aromatic carbocycles. The van der Waals surface area contributed by atoms with Gasteiger partial charge in [0, 0.05) is 30.2 Å². The van der Waals surface area contributed by atoms with Crippen LogP contribution in [0.3, 0.4) is 0 Å². The van der Waals surface area contributed by atoms with Crippen molar-refractivity contribution < 1.29 is 4.79 Å². The molecule has 1 N–H and O–H groups in total. The van der Waals surface area contributed by atoms with Crippen molar-refractivity contribution >= 4 is 16.7 Å². The van der Waals surface area contributed by atoms with Crippen molar-refractivity contribution in [1.29, 1.82) is 0 Å². The molecule has 0 saturated heterocycles. The Kier molecular flexibility index (Phi) is 5.93. The Morgan fingerprint density at radius 1 is 1.10 bits per heavy atom. The molecule has 1 aliphatic carbocycles. The van der Waals surface area contributed by atoms with Crippen molar-refractivity contribution in [1.82, 2.24) is 20.1 Å². The number of nitrogens with one attached hydrogen (secondary N) is 1. The molecule has 0 spiro atoms. The number of nitrogens with zero attached hydrogens (tertiary/aromatic N) is 3. The molecule has 2 aromatic heterocycles. The molecule has 1 aliphatic rings. The van der Waals surface area contributed by atoms with Crippen molar-refractivity contribution in [3.8, 4) is 0 Å². The Morgan fingerprint density at radius 3 is 2.60 bits per heavy atom. The van der Waals surface area contributed by atoms with E-state index in [9.17, 15) is 9.59 Å². The second-order valence-corrected chi connectivity index (χ2v) is 8.43. The molecule has 6 heteroatoms. The Balaban J connectivity index is 1.61. The fraction of sp³-hybridized carbons (Fsp3) is 0.417. The maximum absolute atomic E-state index is 13.0. The summed E-state index contributed by atoms with van der Waals surface area (Å²) in [6.07, 6.45) is 7.38. The Bertz CT molecular complexity index is 1090. The summed E-state index contributed by atoms with van der Waals surface area (Å²) >= 11 is 0. The third-order valence-electron chi connectivity index (χ3n) is 6.41. The summed E-state index contributed by atoms with van der Waals surface area (Å²) in [6.45, 7) is 4.37. The third-order valence-corrected chi connectivity index (χ3v) is 6.41. The monoisotopic (exact) mass is 404 g/mol. The smallest absolute Gasteiger partial charge is 0.275 e. The second-order valence-electron chi connectivity index (χ2n) is 8.43. The van der Waals surface area contributed by atoms with Crippen LogP contribution in [0.25, 0.3) is 10.8 Å². The van der Waals surface area contributed by atoms with E-state index in [0.29, 0.717) is 23.6 Å². The summed E-state index contributed by atoms with van der Waals surface area (Å²) in [7, 11) is 0. The number of pyridine rings is 1. The van der Waals surface area contributed by atoms with E-state index in [1.54, 1.807) is 18.5 Å². The van der Waals surface area contributed by atoms with Crippen LogP contribution in [0.1, 0.15) is 44.4 Å². The second kappa shape index (κ2) is 8.78. The molecule has 0 aliphatic heterocycles. The topological polar surface area (TPSA) is 76.9 Å². The summed E-state index contributed by atoms with van der Waals surface area (Å²) in [5, 5.41) is 9.14. The van der Waals surface area contributed by atoms with E-state index in [0.717, 1.165) is 29.5 Å². The summed E-state index contributed by atoms with van der Waals surface area (Å²) in [5.41, 5.74) is 1.61. The van der Waals surface area contributed by atoms with Crippen LogP contribution in [0.15, 0.2) is 53.6 Å². The van der Waals surface area contributed by atoms with E-state index in [1.165, 1.54) is 11.1 Å². The number of carbonyl (C=O) groups excluding carboxylic acids is 1. The molecule has 30 heavy (non-hydrogen) atoms. The zero-order chi connectivity index (χ0) is 21.1. The minimum absolute atomic E-state index is 0.0649. The molecule has 1 amide bonds. The predicted octanol–water partition coefficient (Wildman–Crippen LogP) is 3.32. The van der Waals surface area contributed by atoms with Gasteiger partial charge in [0.25, 0.3) is 5.56 Å². The molecule has 0 unspecified atom stereocenters. The largest absolute Gasteiger partial charge is 0.351 e. The standard InChI is InChI=1S/C24H28N4O2/c1-16-6-5-9-21(17(16)2)26-23(29)15-28-24(30)20-8-4-3-7-19(20)22(27-28)14-18-10-12-25-13-11-18/h3-4,7-8,10-13,16-17,21H,5-6,9,14-15H2,1-2H3,(H,26,29)/t16-,17-,21+/m1/s1. The van der Waals surface area contributed by atoms with E-state index >= 15 is 0 Å². The molecular formula is C24H28N4O2. The highest BCUT2D eigenvalue weighted by Gasteiger charge is 2.28. The van der Waals surface area contributed by atoms with Gasteiger partial charge in [0.15, 0.2) is 0 Å². The molecule has 1 saturated carbocycles. The lowest BCUT2D eigenvalue weighted by Gasteiger charge is -2.34. The van der Waals surface area contributed by atoms with Crippen molar-refractivity contribution in [2.24, 2.45) is 11.8 Å². The summed E-state index contributed by atoms with van der Waals surface area (Å²) < 4.78 is 1.31. The Labute approximate surface area is 176 Å². The lowest BCUT2D eigenvalue weighted by atomic mass is 9.78. The number of rotatable bonds is 5. The molecule has 1 fully saturated rings. The number of aromatic nitrogens is 3. The fourth-order valence-corrected chi connectivity index (χ4v) is 4.41. The Morgan fingerprint density at radius 2 is 1.83 bits per heavy atom. The first kappa shape index (κ1) is 20.3. The number of hydrogen-bond donors (Lipinski definition) is 1. The van der Waals surface area contributed by atoms with Crippen LogP contribution in [0, 0.1) is 11.8 Å². The van der Waals surface area contributed by atoms with Gasteiger partial charge in [0.1, 0.15) is 6.54 Å². The maximum Gasteiger partial charge on any atom is 0.275 e. The van der Waals surface area contributed by atoms with Gasteiger partial charge in [-0.2, -0.15) is 5.10 Å². The first-order valence-electron chi connectivity index (χ1n) is 10.7. The number of amides is 1. The maximum atomic E-state index is 13.0. The van der Waals surface area contributed by atoms with Gasteiger partial charge in [0.2, 0.25) is 5.91 Å². The third kappa shape index (κ3) is 4.27. The predicted molar refractivity (Wildman–Crippen MR) is 117 cm³/mol. The number of benzene rings is 1. The van der Waals surface area contributed by atoms with Crippen LogP contribution in [-0.2, 0) is 17.8 Å². The Hall–Kier alpha value is -3.02. The van der Waals surface area contributed by atoms with Crippen LogP contribution >= 0.6 is 0 Å². The molecular weight excluding hydrogens is 376 g/mol. The number of hydrogen-bond acceptors (Lipinski definition) is 4. The highest BCUT2D eigenvalue weighted by atomic mass is 16.2. The number of carbonyl (C=O) groups is 1. The van der Waals surface area contributed by atoms with E-state index in [2.05, 4.69) is 29.2 Å². The van der Waals surface area contributed by atoms with Crippen LogP contribution in [0.5, 0.6) is 0 Å². The van der Waals surface area contributed by atoms with E-state index < -0.39 is 0 Å². The van der Waals surface area contributed by atoms with Gasteiger partial charge in [0.05, 0.1) is 11.1 Å². The van der Waals surface area contributed by atoms with Crippen LogP contribution < -0.4 is 10.9 Å². The zero-order valence-corrected chi connectivity index (χ0v) is 17.5. The zero-order valence-electron chi connectivity index (χ0n) is 17.5. The molecule has 156 valence electrons. The lowest BCUT2D eigenvalue weighted by molar-refractivity contribution is -0.123. The van der Waals surface area contributed by atoms with E-state index in [-0.39, 0.29) is 24.1 Å². The van der Waals surface area contributed by atoms with Gasteiger partial charge >= 0.3 is 0 Å². The first-order valence-corrected chi connectivity index (χ1v) is 10.7. The average Bonchev–Trinajstić information content (AvgIpc) is 2.75. The van der Waals surface area contributed by atoms with Crippen molar-refractivity contribution in [3.05, 3.63) is 70.4 Å². The number of fused-ring (bicyclic) bond motifs is 1. The van der Waals surface area contributed by atoms with E-state index in [4.69, 9.17) is 0 Å². The quantitative estimate of drug-likeness (QED) is 0.708. The lowest BCUT2D eigenvalue weighted by Crippen LogP contribution is -2.45. The van der Waals surface area contributed by atoms with Crippen LogP contribution in [0.4, 0.5) is 0 Å². The van der Waals surface area contributed by atoms with E-state index in [1.807, 2.05) is 30.3 Å². The normalized spacial score (nSPS) is 21.5. The molecule has 3 aromatic rings. The molecule has 3 atom stereocenters. The average molecular weight is 405 g/mol. The molecule has 0 radical (unpaired) electrons. The minimum Gasteiger partial charge on any atom is -0.351 e. The summed E-state index contributed by atoms with van der Waals surface area (Å²) in [5.74, 6) is 0.879. The SMILES string of the molecule is C[C@@H]1[C@H](C)CCC[C@@H]1NC(=O)Cn1nc(Cc2ccncc2)c2ccccc2c1=O. The summed E-state index contributed by atoms with van der Waals surface area (Å²) in [4.78, 5) is 29.8. The van der Waals surface area contributed by atoms with Gasteiger partial charge in [-0.05, 0) is 42.0 Å². The van der Waals surface area contributed by atoms with Gasteiger partial charge < -0.3 is 5.32 Å². The fourth-order valence-electron chi connectivity index (χ4n) is 4.41. The minimum atomic E-state index is -0.232. The molecule has 6 nitrogen and oxygen atoms in total. The molecule has 0 bridgehead atoms. The van der Waals surface area contributed by atoms with Gasteiger partial charge in [-0.3, -0.25) is 14.6 Å². The molecule has 4 rings (SSSR count). The van der Waals surface area contributed by atoms with Crippen molar-refractivity contribution in [2.45, 2.75) is 52.1 Å². The van der Waals surface area contributed by atoms with Gasteiger partial charge in [-0.1, -0.05) is 44.9 Å². The highest BCUT2D eigenvalue weighted by molar-refractivity contribution is 5.84. The highest BCUT2D eigenvalue weighted by Crippen LogP contribution is 2.29. The first-order chi connectivity index (χ1) is 14.5. The molecule has 2 heterocycles. The van der Waals surface area contributed by atoms with Gasteiger partial charge in [-0.15, -0.1) is 0 Å². The summed E-state index contributed by atoms with van der Waals surface area (Å²) in [6, 6.07) is 11.5. The van der Waals surface area contributed by atoms with Crippen LogP contribution in [-0.4, -0.2) is 26.7 Å². The van der Waals surface area contributed by atoms with Crippen LogP contribution in [0.2, 0.25) is 0 Å². The van der Waals surface area contributed by atoms with Gasteiger partial charge in [-0.25, -0.2) is 4.68 Å². The van der Waals surface area contributed by atoms with Crippen molar-refractivity contribution in [3.63, 3.8) is 0 Å². The van der Waals surface area contributed by atoms with Crippen molar-refractivity contribution in [2.75, 3.05) is 0 Å².